The molecule has 2 aromatic rings. The van der Waals surface area contributed by atoms with Gasteiger partial charge in [0.05, 0.1) is 5.02 Å². The molecule has 0 amide bonds. The van der Waals surface area contributed by atoms with E-state index in [1.807, 2.05) is 30.3 Å². The maximum Gasteiger partial charge on any atom is 0.358 e. The van der Waals surface area contributed by atoms with Gasteiger partial charge >= 0.3 is 5.97 Å². The van der Waals surface area contributed by atoms with Crippen LogP contribution in [0.5, 0.6) is 0 Å². The molecule has 1 heterocycles. The van der Waals surface area contributed by atoms with Crippen molar-refractivity contribution < 1.29 is 9.53 Å². The number of aromatic nitrogens is 1. The Morgan fingerprint density at radius 2 is 2.06 bits per heavy atom. The summed E-state index contributed by atoms with van der Waals surface area (Å²) >= 11 is 9.13. The molecule has 5 heteroatoms. The zero-order valence-corrected chi connectivity index (χ0v) is 11.6. The Morgan fingerprint density at radius 3 is 2.72 bits per heavy atom. The highest BCUT2D eigenvalue weighted by Gasteiger charge is 2.13. The number of nitrogens with zero attached hydrogens (tertiary/aromatic N) is 1. The van der Waals surface area contributed by atoms with Gasteiger partial charge in [0.15, 0.2) is 5.69 Å². The number of halogens is 2. The van der Waals surface area contributed by atoms with Crippen molar-refractivity contribution in [1.82, 2.24) is 4.98 Å². The molecule has 1 aromatic carbocycles. The van der Waals surface area contributed by atoms with Gasteiger partial charge in [-0.2, -0.15) is 0 Å². The van der Waals surface area contributed by atoms with Gasteiger partial charge in [0.25, 0.3) is 0 Å². The maximum absolute atomic E-state index is 11.8. The molecule has 92 valence electrons. The van der Waals surface area contributed by atoms with Crippen molar-refractivity contribution in [3.63, 3.8) is 0 Å². The lowest BCUT2D eigenvalue weighted by Crippen LogP contribution is -2.08. The topological polar surface area (TPSA) is 39.2 Å². The first-order chi connectivity index (χ1) is 8.66. The minimum Gasteiger partial charge on any atom is -0.456 e. The Kier molecular flexibility index (Phi) is 4.33. The van der Waals surface area contributed by atoms with Crippen molar-refractivity contribution in [2.24, 2.45) is 0 Å². The van der Waals surface area contributed by atoms with E-state index in [9.17, 15) is 4.79 Å². The van der Waals surface area contributed by atoms with Crippen LogP contribution in [0.4, 0.5) is 0 Å². The van der Waals surface area contributed by atoms with Crippen LogP contribution in [0, 0.1) is 0 Å². The van der Waals surface area contributed by atoms with Crippen LogP contribution in [0.15, 0.2) is 47.1 Å². The second-order valence-corrected chi connectivity index (χ2v) is 4.87. The van der Waals surface area contributed by atoms with Gasteiger partial charge in [-0.3, -0.25) is 0 Å². The molecule has 0 aliphatic heterocycles. The number of pyridine rings is 1. The van der Waals surface area contributed by atoms with E-state index in [2.05, 4.69) is 20.9 Å². The van der Waals surface area contributed by atoms with Crippen molar-refractivity contribution in [3.05, 3.63) is 63.3 Å². The number of esters is 1. The Balaban J connectivity index is 2.04. The normalized spacial score (nSPS) is 10.1. The lowest BCUT2D eigenvalue weighted by molar-refractivity contribution is 0.0466. The first kappa shape index (κ1) is 13.1. The molecule has 0 aliphatic rings. The van der Waals surface area contributed by atoms with Crippen LogP contribution in [0.1, 0.15) is 16.1 Å². The molecule has 0 saturated heterocycles. The third-order valence-electron chi connectivity index (χ3n) is 2.21. The summed E-state index contributed by atoms with van der Waals surface area (Å²) in [4.78, 5) is 15.7. The monoisotopic (exact) mass is 325 g/mol. The van der Waals surface area contributed by atoms with Crippen molar-refractivity contribution in [3.8, 4) is 0 Å². The second-order valence-electron chi connectivity index (χ2n) is 3.55. The minimum atomic E-state index is -0.531. The maximum atomic E-state index is 11.8. The highest BCUT2D eigenvalue weighted by molar-refractivity contribution is 9.10. The van der Waals surface area contributed by atoms with E-state index in [0.29, 0.717) is 4.47 Å². The van der Waals surface area contributed by atoms with Crippen molar-refractivity contribution in [2.75, 3.05) is 0 Å². The number of rotatable bonds is 3. The van der Waals surface area contributed by atoms with E-state index in [0.717, 1.165) is 5.56 Å². The third kappa shape index (κ3) is 3.31. The average Bonchev–Trinajstić information content (AvgIpc) is 2.37. The summed E-state index contributed by atoms with van der Waals surface area (Å²) in [6.45, 7) is 0.202. The Labute approximate surface area is 118 Å². The predicted molar refractivity (Wildman–Crippen MR) is 72.5 cm³/mol. The lowest BCUT2D eigenvalue weighted by atomic mass is 10.2. The van der Waals surface area contributed by atoms with E-state index in [-0.39, 0.29) is 17.3 Å². The number of carbonyl (C=O) groups excluding carboxylic acids is 1. The van der Waals surface area contributed by atoms with E-state index < -0.39 is 5.97 Å². The van der Waals surface area contributed by atoms with E-state index >= 15 is 0 Å². The molecule has 1 aromatic heterocycles. The van der Waals surface area contributed by atoms with Gasteiger partial charge in [0, 0.05) is 10.7 Å². The van der Waals surface area contributed by atoms with Crippen molar-refractivity contribution in [2.45, 2.75) is 6.61 Å². The van der Waals surface area contributed by atoms with Crippen LogP contribution in [0.2, 0.25) is 5.02 Å². The van der Waals surface area contributed by atoms with Crippen molar-refractivity contribution >= 4 is 33.5 Å². The van der Waals surface area contributed by atoms with Crippen LogP contribution < -0.4 is 0 Å². The molecular formula is C13H9BrClNO2. The SMILES string of the molecule is O=C(OCc1ccccc1)c1ncc(Br)cc1Cl. The Bertz CT molecular complexity index is 560. The summed E-state index contributed by atoms with van der Waals surface area (Å²) < 4.78 is 5.85. The quantitative estimate of drug-likeness (QED) is 0.804. The smallest absolute Gasteiger partial charge is 0.358 e. The molecular weight excluding hydrogens is 318 g/mol. The zero-order valence-electron chi connectivity index (χ0n) is 9.27. The van der Waals surface area contributed by atoms with Crippen LogP contribution in [0.25, 0.3) is 0 Å². The molecule has 2 rings (SSSR count). The third-order valence-corrected chi connectivity index (χ3v) is 2.94. The molecule has 18 heavy (non-hydrogen) atoms. The van der Waals surface area contributed by atoms with Crippen molar-refractivity contribution in [1.29, 1.82) is 0 Å². The molecule has 0 atom stereocenters. The number of hydrogen-bond donors (Lipinski definition) is 0. The minimum absolute atomic E-state index is 0.121. The van der Waals surface area contributed by atoms with Gasteiger partial charge < -0.3 is 4.74 Å². The predicted octanol–water partition coefficient (Wildman–Crippen LogP) is 3.85. The van der Waals surface area contributed by atoms with Crippen LogP contribution in [-0.4, -0.2) is 11.0 Å². The average molecular weight is 327 g/mol. The number of hydrogen-bond acceptors (Lipinski definition) is 3. The molecule has 0 fully saturated rings. The Morgan fingerprint density at radius 1 is 1.33 bits per heavy atom. The van der Waals surface area contributed by atoms with Gasteiger partial charge in [-0.1, -0.05) is 41.9 Å². The van der Waals surface area contributed by atoms with Gasteiger partial charge in [-0.15, -0.1) is 0 Å². The van der Waals surface area contributed by atoms with E-state index in [1.54, 1.807) is 6.07 Å². The molecule has 0 N–H and O–H groups in total. The summed E-state index contributed by atoms with van der Waals surface area (Å²) in [5.74, 6) is -0.531. The summed E-state index contributed by atoms with van der Waals surface area (Å²) in [5, 5.41) is 0.266. The second kappa shape index (κ2) is 5.98. The molecule has 3 nitrogen and oxygen atoms in total. The highest BCUT2D eigenvalue weighted by atomic mass is 79.9. The zero-order chi connectivity index (χ0) is 13.0. The number of ether oxygens (including phenoxy) is 1. The summed E-state index contributed by atoms with van der Waals surface area (Å²) in [6, 6.07) is 11.0. The summed E-state index contributed by atoms with van der Waals surface area (Å²) in [6.07, 6.45) is 1.50. The largest absolute Gasteiger partial charge is 0.456 e. The summed E-state index contributed by atoms with van der Waals surface area (Å²) in [7, 11) is 0. The lowest BCUT2D eigenvalue weighted by Gasteiger charge is -2.05. The molecule has 0 aliphatic carbocycles. The standard InChI is InChI=1S/C13H9BrClNO2/c14-10-6-11(15)12(16-7-10)13(17)18-8-9-4-2-1-3-5-9/h1-7H,8H2. The van der Waals surface area contributed by atoms with Gasteiger partial charge in [0.2, 0.25) is 0 Å². The Hall–Kier alpha value is -1.39. The highest BCUT2D eigenvalue weighted by Crippen LogP contribution is 2.19. The van der Waals surface area contributed by atoms with E-state index in [4.69, 9.17) is 16.3 Å². The number of benzene rings is 1. The molecule has 0 unspecified atom stereocenters. The molecule has 0 spiro atoms. The fourth-order valence-corrected chi connectivity index (χ4v) is 2.06. The molecule has 0 bridgehead atoms. The fraction of sp³-hybridized carbons (Fsp3) is 0.0769. The van der Waals surface area contributed by atoms with Crippen LogP contribution in [0.3, 0.4) is 0 Å². The van der Waals surface area contributed by atoms with E-state index in [1.165, 1.54) is 6.20 Å². The molecule has 0 radical (unpaired) electrons. The van der Waals surface area contributed by atoms with Crippen LogP contribution >= 0.6 is 27.5 Å². The fourth-order valence-electron chi connectivity index (χ4n) is 1.36. The first-order valence-corrected chi connectivity index (χ1v) is 6.36. The van der Waals surface area contributed by atoms with Gasteiger partial charge in [0.1, 0.15) is 6.61 Å². The van der Waals surface area contributed by atoms with Crippen LogP contribution in [-0.2, 0) is 11.3 Å². The first-order valence-electron chi connectivity index (χ1n) is 5.19. The van der Waals surface area contributed by atoms with Gasteiger partial charge in [-0.25, -0.2) is 9.78 Å². The van der Waals surface area contributed by atoms with Gasteiger partial charge in [-0.05, 0) is 27.6 Å². The number of carbonyl (C=O) groups is 1. The molecule has 0 saturated carbocycles. The summed E-state index contributed by atoms with van der Waals surface area (Å²) in [5.41, 5.74) is 1.04.